The summed E-state index contributed by atoms with van der Waals surface area (Å²) in [6.07, 6.45) is 3.40. The van der Waals surface area contributed by atoms with E-state index in [1.165, 1.54) is 6.33 Å². The maximum Gasteiger partial charge on any atom is 0.217 e. The number of carbonyl (C=O) groups excluding carboxylic acids is 1. The second-order valence-corrected chi connectivity index (χ2v) is 4.33. The minimum Gasteiger partial charge on any atom is -0.370 e. The molecule has 0 spiro atoms. The normalized spacial score (nSPS) is 10.1. The monoisotopic (exact) mass is 306 g/mol. The van der Waals surface area contributed by atoms with Crippen LogP contribution in [0.4, 0.5) is 5.82 Å². The van der Waals surface area contributed by atoms with Crippen molar-refractivity contribution in [2.75, 3.05) is 11.9 Å². The van der Waals surface area contributed by atoms with Gasteiger partial charge in [-0.3, -0.25) is 4.79 Å². The van der Waals surface area contributed by atoms with Gasteiger partial charge in [-0.25, -0.2) is 9.97 Å². The Morgan fingerprint density at radius 1 is 1.50 bits per heavy atom. The molecule has 0 saturated carbocycles. The first-order valence-corrected chi connectivity index (χ1v) is 5.96. The van der Waals surface area contributed by atoms with Crippen molar-refractivity contribution in [2.24, 2.45) is 5.73 Å². The lowest BCUT2D eigenvalue weighted by atomic mass is 10.2. The zero-order valence-corrected chi connectivity index (χ0v) is 10.9. The molecule has 0 aliphatic rings. The average molecular weight is 308 g/mol. The number of unbranched alkanes of at least 4 members (excludes halogenated alkanes) is 1. The second kappa shape index (κ2) is 6.65. The summed E-state index contributed by atoms with van der Waals surface area (Å²) in [6, 6.07) is 0. The molecule has 16 heavy (non-hydrogen) atoms. The largest absolute Gasteiger partial charge is 0.370 e. The zero-order chi connectivity index (χ0) is 12.0. The van der Waals surface area contributed by atoms with Crippen LogP contribution in [-0.2, 0) is 4.79 Å². The van der Waals surface area contributed by atoms with Gasteiger partial charge in [-0.2, -0.15) is 0 Å². The van der Waals surface area contributed by atoms with Crippen LogP contribution in [0.5, 0.6) is 0 Å². The minimum atomic E-state index is -0.272. The highest BCUT2D eigenvalue weighted by Gasteiger charge is 2.05. The first-order chi connectivity index (χ1) is 7.61. The van der Waals surface area contributed by atoms with Crippen molar-refractivity contribution in [3.63, 3.8) is 0 Å². The summed E-state index contributed by atoms with van der Waals surface area (Å²) in [6.45, 7) is 0.708. The van der Waals surface area contributed by atoms with Gasteiger partial charge in [0.05, 0.1) is 4.47 Å². The van der Waals surface area contributed by atoms with Crippen molar-refractivity contribution in [3.05, 3.63) is 16.0 Å². The van der Waals surface area contributed by atoms with Crippen molar-refractivity contribution in [1.29, 1.82) is 0 Å². The predicted molar refractivity (Wildman–Crippen MR) is 66.3 cm³/mol. The third kappa shape index (κ3) is 4.32. The number of hydrogen-bond acceptors (Lipinski definition) is 4. The fourth-order valence-electron chi connectivity index (χ4n) is 1.10. The smallest absolute Gasteiger partial charge is 0.217 e. The average Bonchev–Trinajstić information content (AvgIpc) is 2.23. The molecular weight excluding hydrogens is 295 g/mol. The van der Waals surface area contributed by atoms with E-state index in [-0.39, 0.29) is 5.91 Å². The van der Waals surface area contributed by atoms with E-state index in [1.54, 1.807) is 0 Å². The molecular formula is C9H12BrClN4O. The summed E-state index contributed by atoms with van der Waals surface area (Å²) in [4.78, 5) is 18.3. The van der Waals surface area contributed by atoms with Crippen LogP contribution >= 0.6 is 27.5 Å². The molecule has 1 aromatic heterocycles. The number of anilines is 1. The van der Waals surface area contributed by atoms with Gasteiger partial charge in [-0.15, -0.1) is 0 Å². The zero-order valence-electron chi connectivity index (χ0n) is 8.54. The summed E-state index contributed by atoms with van der Waals surface area (Å²) in [5.74, 6) is 0.380. The fraction of sp³-hybridized carbons (Fsp3) is 0.444. The van der Waals surface area contributed by atoms with Crippen LogP contribution in [0.3, 0.4) is 0 Å². The van der Waals surface area contributed by atoms with Crippen LogP contribution in [0, 0.1) is 0 Å². The summed E-state index contributed by atoms with van der Waals surface area (Å²) in [7, 11) is 0. The molecule has 1 amide bonds. The van der Waals surface area contributed by atoms with E-state index in [1.807, 2.05) is 0 Å². The van der Waals surface area contributed by atoms with Crippen molar-refractivity contribution >= 4 is 39.3 Å². The summed E-state index contributed by atoms with van der Waals surface area (Å²) in [5.41, 5.74) is 5.02. The van der Waals surface area contributed by atoms with Gasteiger partial charge in [-0.05, 0) is 28.8 Å². The molecule has 0 fully saturated rings. The molecule has 0 radical (unpaired) electrons. The SMILES string of the molecule is NC(=O)CCCCNc1ncnc(Cl)c1Br. The summed E-state index contributed by atoms with van der Waals surface area (Å²) >= 11 is 9.08. The molecule has 1 rings (SSSR count). The number of amides is 1. The second-order valence-electron chi connectivity index (χ2n) is 3.18. The number of carbonyl (C=O) groups is 1. The topological polar surface area (TPSA) is 80.9 Å². The Hall–Kier alpha value is -0.880. The number of halogens is 2. The highest BCUT2D eigenvalue weighted by atomic mass is 79.9. The van der Waals surface area contributed by atoms with Crippen LogP contribution in [0.25, 0.3) is 0 Å². The third-order valence-electron chi connectivity index (χ3n) is 1.89. The Kier molecular flexibility index (Phi) is 5.48. The Bertz CT molecular complexity index is 375. The maximum atomic E-state index is 10.5. The van der Waals surface area contributed by atoms with E-state index < -0.39 is 0 Å². The first-order valence-electron chi connectivity index (χ1n) is 4.79. The van der Waals surface area contributed by atoms with Crippen LogP contribution in [-0.4, -0.2) is 22.4 Å². The molecule has 0 unspecified atom stereocenters. The van der Waals surface area contributed by atoms with E-state index in [0.717, 1.165) is 12.8 Å². The fourth-order valence-corrected chi connectivity index (χ4v) is 1.58. The summed E-state index contributed by atoms with van der Waals surface area (Å²) < 4.78 is 0.645. The Morgan fingerprint density at radius 3 is 2.94 bits per heavy atom. The van der Waals surface area contributed by atoms with Gasteiger partial charge in [-0.1, -0.05) is 11.6 Å². The number of nitrogens with two attached hydrogens (primary N) is 1. The molecule has 0 saturated heterocycles. The van der Waals surface area contributed by atoms with E-state index in [2.05, 4.69) is 31.2 Å². The molecule has 0 atom stereocenters. The standard InChI is InChI=1S/C9H12BrClN4O/c10-7-8(11)14-5-15-9(7)13-4-2-1-3-6(12)16/h5H,1-4H2,(H2,12,16)(H,13,14,15). The lowest BCUT2D eigenvalue weighted by Crippen LogP contribution is -2.11. The number of hydrogen-bond donors (Lipinski definition) is 2. The van der Waals surface area contributed by atoms with Gasteiger partial charge in [0.25, 0.3) is 0 Å². The van der Waals surface area contributed by atoms with Crippen LogP contribution in [0.15, 0.2) is 10.8 Å². The molecule has 1 heterocycles. The predicted octanol–water partition coefficient (Wildman–Crippen LogP) is 1.96. The molecule has 0 aromatic carbocycles. The highest BCUT2D eigenvalue weighted by molar-refractivity contribution is 9.10. The lowest BCUT2D eigenvalue weighted by Gasteiger charge is -2.06. The number of primary amides is 1. The van der Waals surface area contributed by atoms with E-state index >= 15 is 0 Å². The van der Waals surface area contributed by atoms with E-state index in [4.69, 9.17) is 17.3 Å². The van der Waals surface area contributed by atoms with E-state index in [9.17, 15) is 4.79 Å². The molecule has 5 nitrogen and oxygen atoms in total. The number of rotatable bonds is 6. The summed E-state index contributed by atoms with van der Waals surface area (Å²) in [5, 5.41) is 3.46. The Morgan fingerprint density at radius 2 is 2.25 bits per heavy atom. The molecule has 0 bridgehead atoms. The van der Waals surface area contributed by atoms with Crippen LogP contribution in [0.2, 0.25) is 5.15 Å². The molecule has 0 aliphatic heterocycles. The number of aromatic nitrogens is 2. The van der Waals surface area contributed by atoms with Crippen molar-refractivity contribution in [2.45, 2.75) is 19.3 Å². The van der Waals surface area contributed by atoms with Crippen molar-refractivity contribution in [3.8, 4) is 0 Å². The van der Waals surface area contributed by atoms with Gasteiger partial charge >= 0.3 is 0 Å². The molecule has 1 aromatic rings. The number of nitrogens with one attached hydrogen (secondary N) is 1. The van der Waals surface area contributed by atoms with E-state index in [0.29, 0.717) is 28.4 Å². The molecule has 0 aliphatic carbocycles. The van der Waals surface area contributed by atoms with Gasteiger partial charge in [0, 0.05) is 13.0 Å². The van der Waals surface area contributed by atoms with Crippen LogP contribution < -0.4 is 11.1 Å². The maximum absolute atomic E-state index is 10.5. The first kappa shape index (κ1) is 13.2. The van der Waals surface area contributed by atoms with Crippen molar-refractivity contribution in [1.82, 2.24) is 9.97 Å². The lowest BCUT2D eigenvalue weighted by molar-refractivity contribution is -0.118. The molecule has 7 heteroatoms. The van der Waals surface area contributed by atoms with Gasteiger partial charge < -0.3 is 11.1 Å². The van der Waals surface area contributed by atoms with Gasteiger partial charge in [0.15, 0.2) is 0 Å². The Balaban J connectivity index is 2.32. The third-order valence-corrected chi connectivity index (χ3v) is 3.16. The molecule has 3 N–H and O–H groups in total. The number of nitrogens with zero attached hydrogens (tertiary/aromatic N) is 2. The minimum absolute atomic E-state index is 0.272. The quantitative estimate of drug-likeness (QED) is 0.622. The van der Waals surface area contributed by atoms with Crippen molar-refractivity contribution < 1.29 is 4.79 Å². The van der Waals surface area contributed by atoms with Gasteiger partial charge in [0.2, 0.25) is 5.91 Å². The Labute approximate surface area is 107 Å². The highest BCUT2D eigenvalue weighted by Crippen LogP contribution is 2.25. The van der Waals surface area contributed by atoms with Gasteiger partial charge in [0.1, 0.15) is 17.3 Å². The molecule has 88 valence electrons. The van der Waals surface area contributed by atoms with Crippen LogP contribution in [0.1, 0.15) is 19.3 Å².